The summed E-state index contributed by atoms with van der Waals surface area (Å²) in [4.78, 5) is 3.43. The molecule has 0 saturated carbocycles. The Morgan fingerprint density at radius 1 is 1.00 bits per heavy atom. The van der Waals surface area contributed by atoms with E-state index >= 15 is 0 Å². The van der Waals surface area contributed by atoms with Gasteiger partial charge in [0.2, 0.25) is 0 Å². The van der Waals surface area contributed by atoms with Gasteiger partial charge in [-0.3, -0.25) is 0 Å². The van der Waals surface area contributed by atoms with Crippen LogP contribution in [-0.4, -0.2) is 4.98 Å². The number of alkyl halides is 3. The van der Waals surface area contributed by atoms with Gasteiger partial charge < -0.3 is 11.1 Å². The molecule has 0 fully saturated rings. The lowest BCUT2D eigenvalue weighted by Gasteiger charge is -2.10. The van der Waals surface area contributed by atoms with Crippen LogP contribution in [0.4, 0.5) is 39.3 Å². The van der Waals surface area contributed by atoms with Gasteiger partial charge in [-0.2, -0.15) is 13.2 Å². The number of nitrogens with two attached hydrogens (primary N) is 1. The Kier molecular flexibility index (Phi) is 3.47. The Morgan fingerprint density at radius 2 is 1.60 bits per heavy atom. The molecule has 8 heteroatoms. The first-order valence-corrected chi connectivity index (χ1v) is 5.33. The standard InChI is InChI=1S/C12H8F5N3/c13-8-5-9(14)11(20-10(8)18)19-7-3-1-6(2-4-7)12(15,16)17/h1-5H,(H3,18,19,20). The fourth-order valence-electron chi connectivity index (χ4n) is 1.45. The van der Waals surface area contributed by atoms with Gasteiger partial charge in [0.15, 0.2) is 23.3 Å². The van der Waals surface area contributed by atoms with Gasteiger partial charge in [0, 0.05) is 11.8 Å². The maximum absolute atomic E-state index is 13.4. The molecule has 3 N–H and O–H groups in total. The predicted octanol–water partition coefficient (Wildman–Crippen LogP) is 3.70. The number of hydrogen-bond acceptors (Lipinski definition) is 3. The third-order valence-electron chi connectivity index (χ3n) is 2.43. The number of anilines is 3. The molecule has 0 atom stereocenters. The zero-order valence-electron chi connectivity index (χ0n) is 9.80. The van der Waals surface area contributed by atoms with Gasteiger partial charge in [-0.05, 0) is 24.3 Å². The van der Waals surface area contributed by atoms with Crippen molar-refractivity contribution < 1.29 is 22.0 Å². The largest absolute Gasteiger partial charge is 0.416 e. The zero-order valence-corrected chi connectivity index (χ0v) is 9.80. The third kappa shape index (κ3) is 2.95. The summed E-state index contributed by atoms with van der Waals surface area (Å²) in [6.07, 6.45) is -4.46. The number of benzene rings is 1. The number of pyridine rings is 1. The van der Waals surface area contributed by atoms with Crippen molar-refractivity contribution in [3.63, 3.8) is 0 Å². The van der Waals surface area contributed by atoms with E-state index < -0.39 is 29.2 Å². The minimum Gasteiger partial charge on any atom is -0.381 e. The summed E-state index contributed by atoms with van der Waals surface area (Å²) in [7, 11) is 0. The summed E-state index contributed by atoms with van der Waals surface area (Å²) < 4.78 is 63.4. The third-order valence-corrected chi connectivity index (χ3v) is 2.43. The first-order valence-electron chi connectivity index (χ1n) is 5.33. The van der Waals surface area contributed by atoms with Crippen LogP contribution in [0.3, 0.4) is 0 Å². The van der Waals surface area contributed by atoms with Crippen LogP contribution >= 0.6 is 0 Å². The molecule has 0 aliphatic rings. The minimum atomic E-state index is -4.46. The van der Waals surface area contributed by atoms with Crippen molar-refractivity contribution in [3.8, 4) is 0 Å². The monoisotopic (exact) mass is 289 g/mol. The maximum Gasteiger partial charge on any atom is 0.416 e. The van der Waals surface area contributed by atoms with E-state index in [0.29, 0.717) is 6.07 Å². The van der Waals surface area contributed by atoms with Crippen LogP contribution in [0.25, 0.3) is 0 Å². The molecule has 1 aromatic carbocycles. The van der Waals surface area contributed by atoms with Crippen LogP contribution in [0.2, 0.25) is 0 Å². The molecule has 0 aliphatic carbocycles. The van der Waals surface area contributed by atoms with Gasteiger partial charge in [0.1, 0.15) is 0 Å². The van der Waals surface area contributed by atoms with Crippen LogP contribution in [-0.2, 0) is 6.18 Å². The SMILES string of the molecule is Nc1nc(Nc2ccc(C(F)(F)F)cc2)c(F)cc1F. The number of hydrogen-bond donors (Lipinski definition) is 2. The summed E-state index contributed by atoms with van der Waals surface area (Å²) in [6.45, 7) is 0. The van der Waals surface area contributed by atoms with Crippen molar-refractivity contribution in [3.05, 3.63) is 47.5 Å². The first kappa shape index (κ1) is 14.0. The van der Waals surface area contributed by atoms with E-state index in [4.69, 9.17) is 5.73 Å². The van der Waals surface area contributed by atoms with Gasteiger partial charge >= 0.3 is 6.18 Å². The summed E-state index contributed by atoms with van der Waals surface area (Å²) in [5.74, 6) is -2.90. The number of nitrogen functional groups attached to an aromatic ring is 1. The fourth-order valence-corrected chi connectivity index (χ4v) is 1.45. The molecule has 20 heavy (non-hydrogen) atoms. The summed E-state index contributed by atoms with van der Waals surface area (Å²) >= 11 is 0. The lowest BCUT2D eigenvalue weighted by molar-refractivity contribution is -0.137. The molecule has 2 aromatic rings. The Labute approximate surface area is 110 Å². The maximum atomic E-state index is 13.4. The van der Waals surface area contributed by atoms with Crippen LogP contribution in [0, 0.1) is 11.6 Å². The van der Waals surface area contributed by atoms with Crippen molar-refractivity contribution in [2.75, 3.05) is 11.1 Å². The van der Waals surface area contributed by atoms with E-state index in [1.54, 1.807) is 0 Å². The van der Waals surface area contributed by atoms with E-state index in [2.05, 4.69) is 10.3 Å². The number of aromatic nitrogens is 1. The normalized spacial score (nSPS) is 11.4. The highest BCUT2D eigenvalue weighted by Crippen LogP contribution is 2.30. The zero-order chi connectivity index (χ0) is 14.9. The summed E-state index contributed by atoms with van der Waals surface area (Å²) in [5, 5.41) is 2.42. The Morgan fingerprint density at radius 3 is 2.15 bits per heavy atom. The molecule has 3 nitrogen and oxygen atoms in total. The summed E-state index contributed by atoms with van der Waals surface area (Å²) in [5.41, 5.74) is 4.51. The quantitative estimate of drug-likeness (QED) is 0.829. The first-order chi connectivity index (χ1) is 9.27. The molecule has 2 rings (SSSR count). The van der Waals surface area contributed by atoms with Crippen LogP contribution < -0.4 is 11.1 Å². The average molecular weight is 289 g/mol. The lowest BCUT2D eigenvalue weighted by Crippen LogP contribution is -2.05. The molecule has 0 spiro atoms. The molecule has 0 unspecified atom stereocenters. The minimum absolute atomic E-state index is 0.162. The van der Waals surface area contributed by atoms with E-state index in [1.807, 2.05) is 0 Å². The molecule has 1 heterocycles. The molecule has 0 aliphatic heterocycles. The fraction of sp³-hybridized carbons (Fsp3) is 0.0833. The van der Waals surface area contributed by atoms with Crippen LogP contribution in [0.1, 0.15) is 5.56 Å². The molecule has 1 aromatic heterocycles. The number of rotatable bonds is 2. The molecule has 0 radical (unpaired) electrons. The Bertz CT molecular complexity index is 622. The van der Waals surface area contributed by atoms with E-state index in [1.165, 1.54) is 0 Å². The highest BCUT2D eigenvalue weighted by Gasteiger charge is 2.29. The Hall–Kier alpha value is -2.38. The van der Waals surface area contributed by atoms with Crippen molar-refractivity contribution in [1.29, 1.82) is 0 Å². The molecule has 0 amide bonds. The molecular weight excluding hydrogens is 281 g/mol. The highest BCUT2D eigenvalue weighted by atomic mass is 19.4. The van der Waals surface area contributed by atoms with Gasteiger partial charge in [0.05, 0.1) is 5.56 Å². The van der Waals surface area contributed by atoms with Gasteiger partial charge in [0.25, 0.3) is 0 Å². The molecule has 106 valence electrons. The number of halogens is 5. The van der Waals surface area contributed by atoms with E-state index in [9.17, 15) is 22.0 Å². The highest BCUT2D eigenvalue weighted by molar-refractivity contribution is 5.58. The van der Waals surface area contributed by atoms with Crippen molar-refractivity contribution >= 4 is 17.3 Å². The molecule has 0 bridgehead atoms. The van der Waals surface area contributed by atoms with Gasteiger partial charge in [-0.1, -0.05) is 0 Å². The van der Waals surface area contributed by atoms with Crippen molar-refractivity contribution in [2.45, 2.75) is 6.18 Å². The smallest absolute Gasteiger partial charge is 0.381 e. The number of nitrogens with zero attached hydrogens (tertiary/aromatic N) is 1. The summed E-state index contributed by atoms with van der Waals surface area (Å²) in [6, 6.07) is 4.39. The van der Waals surface area contributed by atoms with E-state index in [-0.39, 0.29) is 11.5 Å². The van der Waals surface area contributed by atoms with Gasteiger partial charge in [-0.25, -0.2) is 13.8 Å². The second kappa shape index (κ2) is 4.95. The second-order valence-corrected chi connectivity index (χ2v) is 3.89. The Balaban J connectivity index is 2.25. The van der Waals surface area contributed by atoms with Crippen LogP contribution in [0.5, 0.6) is 0 Å². The average Bonchev–Trinajstić information content (AvgIpc) is 2.35. The lowest BCUT2D eigenvalue weighted by atomic mass is 10.2. The van der Waals surface area contributed by atoms with Crippen LogP contribution in [0.15, 0.2) is 30.3 Å². The molecule has 0 saturated heterocycles. The van der Waals surface area contributed by atoms with Gasteiger partial charge in [-0.15, -0.1) is 0 Å². The second-order valence-electron chi connectivity index (χ2n) is 3.89. The van der Waals surface area contributed by atoms with E-state index in [0.717, 1.165) is 24.3 Å². The predicted molar refractivity (Wildman–Crippen MR) is 63.3 cm³/mol. The topological polar surface area (TPSA) is 50.9 Å². The molecular formula is C12H8F5N3. The van der Waals surface area contributed by atoms with Crippen molar-refractivity contribution in [1.82, 2.24) is 4.98 Å². The van der Waals surface area contributed by atoms with Crippen molar-refractivity contribution in [2.24, 2.45) is 0 Å². The number of nitrogens with one attached hydrogen (secondary N) is 1.